The number of nitriles is 1. The summed E-state index contributed by atoms with van der Waals surface area (Å²) in [5.74, 6) is -1.07. The number of amides is 1. The summed E-state index contributed by atoms with van der Waals surface area (Å²) in [7, 11) is 1.57. The summed E-state index contributed by atoms with van der Waals surface area (Å²) in [5, 5.41) is 8.95. The Labute approximate surface area is 191 Å². The van der Waals surface area contributed by atoms with Crippen molar-refractivity contribution in [2.75, 3.05) is 16.8 Å². The Hall–Kier alpha value is -2.99. The maximum Gasteiger partial charge on any atom is 0.417 e. The van der Waals surface area contributed by atoms with E-state index < -0.39 is 34.6 Å². The van der Waals surface area contributed by atoms with E-state index in [0.717, 1.165) is 16.5 Å². The molecule has 0 bridgehead atoms. The minimum Gasteiger partial charge on any atom is -0.361 e. The van der Waals surface area contributed by atoms with Crippen molar-refractivity contribution in [2.45, 2.75) is 46.3 Å². The average Bonchev–Trinajstić information content (AvgIpc) is 2.76. The van der Waals surface area contributed by atoms with E-state index >= 15 is 0 Å². The first-order valence-electron chi connectivity index (χ1n) is 9.75. The first-order chi connectivity index (χ1) is 14.8. The number of hydrogen-bond acceptors (Lipinski definition) is 4. The topological polar surface area (TPSA) is 47.3 Å². The zero-order valence-electron chi connectivity index (χ0n) is 18.7. The smallest absolute Gasteiger partial charge is 0.361 e. The van der Waals surface area contributed by atoms with Crippen molar-refractivity contribution in [3.8, 4) is 6.07 Å². The lowest BCUT2D eigenvalue weighted by Crippen LogP contribution is -2.55. The second-order valence-electron chi connectivity index (χ2n) is 7.17. The summed E-state index contributed by atoms with van der Waals surface area (Å²) in [6, 6.07) is 8.88. The van der Waals surface area contributed by atoms with E-state index in [1.165, 1.54) is 23.1 Å². The van der Waals surface area contributed by atoms with Gasteiger partial charge in [-0.1, -0.05) is 32.1 Å². The van der Waals surface area contributed by atoms with Gasteiger partial charge in [0.2, 0.25) is 0 Å². The molecule has 0 atom stereocenters. The fourth-order valence-electron chi connectivity index (χ4n) is 2.79. The molecular weight excluding hydrogens is 442 g/mol. The molecule has 0 saturated heterocycles. The lowest BCUT2D eigenvalue weighted by molar-refractivity contribution is -0.137. The van der Waals surface area contributed by atoms with E-state index in [-0.39, 0.29) is 5.69 Å². The summed E-state index contributed by atoms with van der Waals surface area (Å²) >= 11 is 4.89. The van der Waals surface area contributed by atoms with Crippen LogP contribution in [0.25, 0.3) is 0 Å². The van der Waals surface area contributed by atoms with Gasteiger partial charge in [-0.3, -0.25) is 9.69 Å². The van der Waals surface area contributed by atoms with E-state index in [2.05, 4.69) is 0 Å². The van der Waals surface area contributed by atoms with Crippen LogP contribution >= 0.6 is 12.2 Å². The number of aryl methyl sites for hydroxylation is 1. The summed E-state index contributed by atoms with van der Waals surface area (Å²) in [6.07, 6.45) is -4.77. The fraction of sp³-hybridized carbons (Fsp3) is 0.348. The van der Waals surface area contributed by atoms with Crippen LogP contribution in [0.3, 0.4) is 0 Å². The number of carbonyl (C=O) groups is 1. The molecule has 0 heterocycles. The van der Waals surface area contributed by atoms with Gasteiger partial charge in [-0.05, 0) is 56.7 Å². The molecule has 0 aliphatic heterocycles. The van der Waals surface area contributed by atoms with E-state index in [1.54, 1.807) is 40.0 Å². The lowest BCUT2D eigenvalue weighted by Gasteiger charge is -2.38. The molecule has 2 rings (SSSR count). The normalized spacial score (nSPS) is 11.0. The molecule has 0 aliphatic rings. The van der Waals surface area contributed by atoms with Crippen molar-refractivity contribution in [1.82, 2.24) is 0 Å². The number of anilines is 2. The van der Waals surface area contributed by atoms with Gasteiger partial charge >= 0.3 is 6.18 Å². The molecule has 172 valence electrons. The molecule has 9 heteroatoms. The van der Waals surface area contributed by atoms with Crippen LogP contribution in [-0.2, 0) is 11.0 Å². The van der Waals surface area contributed by atoms with Crippen LogP contribution in [0, 0.1) is 24.1 Å². The zero-order chi connectivity index (χ0) is 24.9. The van der Waals surface area contributed by atoms with Crippen LogP contribution in [0.5, 0.6) is 0 Å². The Morgan fingerprint density at radius 3 is 2.12 bits per heavy atom. The molecule has 2 aromatic carbocycles. The first-order valence-corrected chi connectivity index (χ1v) is 10.2. The molecule has 2 aromatic rings. The van der Waals surface area contributed by atoms with Crippen molar-refractivity contribution in [2.24, 2.45) is 0 Å². The second-order valence-corrected chi connectivity index (χ2v) is 7.38. The fourth-order valence-corrected chi connectivity index (χ4v) is 3.01. The largest absolute Gasteiger partial charge is 0.417 e. The quantitative estimate of drug-likeness (QED) is 0.385. The van der Waals surface area contributed by atoms with Gasteiger partial charge in [-0.15, -0.1) is 0 Å². The number of halogens is 4. The van der Waals surface area contributed by atoms with Gasteiger partial charge < -0.3 is 4.90 Å². The third kappa shape index (κ3) is 5.62. The molecule has 4 nitrogen and oxygen atoms in total. The number of benzene rings is 2. The Morgan fingerprint density at radius 1 is 1.09 bits per heavy atom. The van der Waals surface area contributed by atoms with Crippen molar-refractivity contribution in [1.29, 1.82) is 5.26 Å². The highest BCUT2D eigenvalue weighted by atomic mass is 32.1. The van der Waals surface area contributed by atoms with Gasteiger partial charge in [0.1, 0.15) is 11.4 Å². The van der Waals surface area contributed by atoms with Crippen LogP contribution < -0.4 is 9.80 Å². The number of nitrogens with zero attached hydrogens (tertiary/aromatic N) is 3. The van der Waals surface area contributed by atoms with Crippen molar-refractivity contribution in [3.63, 3.8) is 0 Å². The molecule has 32 heavy (non-hydrogen) atoms. The van der Waals surface area contributed by atoms with Gasteiger partial charge in [0.15, 0.2) is 0 Å². The molecule has 1 amide bonds. The second kappa shape index (κ2) is 10.6. The maximum atomic E-state index is 14.0. The van der Waals surface area contributed by atoms with Crippen molar-refractivity contribution >= 4 is 35.0 Å². The van der Waals surface area contributed by atoms with Crippen LogP contribution in [0.15, 0.2) is 36.4 Å². The molecule has 0 aromatic heterocycles. The van der Waals surface area contributed by atoms with E-state index in [0.29, 0.717) is 17.3 Å². The maximum absolute atomic E-state index is 14.0. The van der Waals surface area contributed by atoms with Gasteiger partial charge in [-0.2, -0.15) is 18.4 Å². The highest BCUT2D eigenvalue weighted by molar-refractivity contribution is 7.79. The number of likely N-dealkylation sites (N-methyl/N-ethyl adjacent to an activating group) is 1. The number of rotatable bonds is 5. The minimum absolute atomic E-state index is 0.127. The highest BCUT2D eigenvalue weighted by Crippen LogP contribution is 2.35. The molecular formula is C23H25F4N3OS. The SMILES string of the molecule is CC.Cc1ccc(N(C)C(C)(C)C(=O)N(C=S)c2ccc(C#N)c(C(F)(F)F)c2)cc1F. The summed E-state index contributed by atoms with van der Waals surface area (Å²) < 4.78 is 53.9. The number of alkyl halides is 3. The van der Waals surface area contributed by atoms with Crippen LogP contribution in [0.4, 0.5) is 28.9 Å². The van der Waals surface area contributed by atoms with Crippen LogP contribution in [0.1, 0.15) is 44.4 Å². The Balaban J connectivity index is 0.00000249. The molecule has 0 radical (unpaired) electrons. The highest BCUT2D eigenvalue weighted by Gasteiger charge is 2.38. The Bertz CT molecular complexity index is 1030. The van der Waals surface area contributed by atoms with Crippen molar-refractivity contribution < 1.29 is 22.4 Å². The summed E-state index contributed by atoms with van der Waals surface area (Å²) in [5.41, 5.74) is -1.35. The van der Waals surface area contributed by atoms with Gasteiger partial charge in [0, 0.05) is 18.4 Å². The summed E-state index contributed by atoms with van der Waals surface area (Å²) in [6.45, 7) is 8.70. The van der Waals surface area contributed by atoms with Gasteiger partial charge in [-0.25, -0.2) is 4.39 Å². The molecule has 0 fully saturated rings. The van der Waals surface area contributed by atoms with Crippen LogP contribution in [0.2, 0.25) is 0 Å². The van der Waals surface area contributed by atoms with E-state index in [9.17, 15) is 22.4 Å². The molecule has 0 N–H and O–H groups in total. The number of carbonyl (C=O) groups excluding carboxylic acids is 1. The Kier molecular flexibility index (Phi) is 8.92. The van der Waals surface area contributed by atoms with Gasteiger partial charge in [0.05, 0.1) is 22.7 Å². The number of thiocarbonyl (C=S) groups is 1. The molecule has 0 unspecified atom stereocenters. The predicted molar refractivity (Wildman–Crippen MR) is 122 cm³/mol. The monoisotopic (exact) mass is 467 g/mol. The van der Waals surface area contributed by atoms with E-state index in [1.807, 2.05) is 13.8 Å². The average molecular weight is 468 g/mol. The molecule has 0 aliphatic carbocycles. The van der Waals surface area contributed by atoms with Crippen LogP contribution in [-0.4, -0.2) is 24.0 Å². The Morgan fingerprint density at radius 2 is 1.66 bits per heavy atom. The third-order valence-corrected chi connectivity index (χ3v) is 5.15. The summed E-state index contributed by atoms with van der Waals surface area (Å²) in [4.78, 5) is 15.6. The number of hydrogen-bond donors (Lipinski definition) is 0. The third-order valence-electron chi connectivity index (χ3n) is 4.94. The van der Waals surface area contributed by atoms with E-state index in [4.69, 9.17) is 17.5 Å². The zero-order valence-corrected chi connectivity index (χ0v) is 19.5. The molecule has 0 saturated carbocycles. The standard InChI is InChI=1S/C21H19F4N3OS.C2H6/c1-13-5-7-15(10-18(13)22)27(4)20(2,3)19(29)28(12-30)16-8-6-14(11-26)17(9-16)21(23,24)25;1-2/h5-10,12H,1-4H3;1-2H3. The first kappa shape index (κ1) is 27.0. The molecule has 0 spiro atoms. The van der Waals surface area contributed by atoms with Gasteiger partial charge in [0.25, 0.3) is 5.91 Å². The lowest BCUT2D eigenvalue weighted by atomic mass is 9.99. The van der Waals surface area contributed by atoms with Crippen molar-refractivity contribution in [3.05, 3.63) is 58.9 Å². The minimum atomic E-state index is -4.77. The predicted octanol–water partition coefficient (Wildman–Crippen LogP) is 6.26.